The lowest BCUT2D eigenvalue weighted by Crippen LogP contribution is -2.14. The van der Waals surface area contributed by atoms with Crippen LogP contribution in [0.25, 0.3) is 0 Å². The quantitative estimate of drug-likeness (QED) is 0.551. The molecule has 0 rings (SSSR count). The van der Waals surface area contributed by atoms with Gasteiger partial charge in [0.1, 0.15) is 6.61 Å². The second kappa shape index (κ2) is 8.51. The van der Waals surface area contributed by atoms with Crippen molar-refractivity contribution in [2.45, 2.75) is 20.3 Å². The summed E-state index contributed by atoms with van der Waals surface area (Å²) in [5, 5.41) is 0. The fourth-order valence-electron chi connectivity index (χ4n) is 0.295. The summed E-state index contributed by atoms with van der Waals surface area (Å²) in [5.74, 6) is -1.19. The minimum absolute atomic E-state index is 0.0880. The zero-order valence-corrected chi connectivity index (χ0v) is 7.70. The molecule has 13 heavy (non-hydrogen) atoms. The number of esters is 1. The van der Waals surface area contributed by atoms with E-state index in [4.69, 9.17) is 5.73 Å². The zero-order chi connectivity index (χ0) is 10.9. The number of ether oxygens (including phenoxy) is 1. The Morgan fingerprint density at radius 1 is 1.15 bits per heavy atom. The van der Waals surface area contributed by atoms with Crippen LogP contribution in [0, 0.1) is 0 Å². The van der Waals surface area contributed by atoms with Gasteiger partial charge in [0.25, 0.3) is 0 Å². The first-order valence-electron chi connectivity index (χ1n) is 3.54. The molecule has 2 amide bonds. The van der Waals surface area contributed by atoms with Crippen molar-refractivity contribution in [2.75, 3.05) is 6.61 Å². The van der Waals surface area contributed by atoms with Gasteiger partial charge in [0.15, 0.2) is 0 Å². The van der Waals surface area contributed by atoms with Crippen LogP contribution in [0.5, 0.6) is 0 Å². The predicted octanol–water partition coefficient (Wildman–Crippen LogP) is -1.08. The molecule has 0 aliphatic rings. The number of carbonyl (C=O) groups is 3. The van der Waals surface area contributed by atoms with Gasteiger partial charge in [0.05, 0.1) is 6.42 Å². The lowest BCUT2D eigenvalue weighted by Gasteiger charge is -1.96. The minimum atomic E-state index is -0.462. The number of carbonyl (C=O) groups excluding carboxylic acids is 3. The SMILES string of the molecule is CC(=O)OCCC(N)=O.CC(N)=O. The van der Waals surface area contributed by atoms with Gasteiger partial charge in [0, 0.05) is 13.8 Å². The first-order valence-corrected chi connectivity index (χ1v) is 3.54. The highest BCUT2D eigenvalue weighted by atomic mass is 16.5. The van der Waals surface area contributed by atoms with E-state index in [-0.39, 0.29) is 18.9 Å². The average Bonchev–Trinajstić information content (AvgIpc) is 1.83. The molecule has 0 aromatic rings. The lowest BCUT2D eigenvalue weighted by molar-refractivity contribution is -0.141. The van der Waals surface area contributed by atoms with Crippen LogP contribution >= 0.6 is 0 Å². The second-order valence-electron chi connectivity index (χ2n) is 2.17. The fraction of sp³-hybridized carbons (Fsp3) is 0.571. The van der Waals surface area contributed by atoms with Crippen LogP contribution in [-0.2, 0) is 19.1 Å². The first-order chi connectivity index (χ1) is 5.86. The summed E-state index contributed by atoms with van der Waals surface area (Å²) >= 11 is 0. The van der Waals surface area contributed by atoms with Crippen molar-refractivity contribution in [3.63, 3.8) is 0 Å². The van der Waals surface area contributed by atoms with Gasteiger partial charge >= 0.3 is 5.97 Å². The maximum atomic E-state index is 10.1. The van der Waals surface area contributed by atoms with E-state index in [2.05, 4.69) is 10.5 Å². The van der Waals surface area contributed by atoms with E-state index >= 15 is 0 Å². The third-order valence-electron chi connectivity index (χ3n) is 0.654. The van der Waals surface area contributed by atoms with Crippen molar-refractivity contribution < 1.29 is 19.1 Å². The Hall–Kier alpha value is -1.59. The molecule has 0 fully saturated rings. The van der Waals surface area contributed by atoms with Crippen LogP contribution in [0.3, 0.4) is 0 Å². The zero-order valence-electron chi connectivity index (χ0n) is 7.70. The third kappa shape index (κ3) is 37.9. The van der Waals surface area contributed by atoms with Crippen molar-refractivity contribution in [3.8, 4) is 0 Å². The van der Waals surface area contributed by atoms with Crippen molar-refractivity contribution >= 4 is 17.8 Å². The van der Waals surface area contributed by atoms with Crippen molar-refractivity contribution in [3.05, 3.63) is 0 Å². The van der Waals surface area contributed by atoms with E-state index in [1.54, 1.807) is 0 Å². The second-order valence-corrected chi connectivity index (χ2v) is 2.17. The lowest BCUT2D eigenvalue weighted by atomic mass is 10.4. The van der Waals surface area contributed by atoms with Crippen molar-refractivity contribution in [2.24, 2.45) is 11.5 Å². The van der Waals surface area contributed by atoms with Gasteiger partial charge in [-0.15, -0.1) is 0 Å². The molecular formula is C7H14N2O4. The monoisotopic (exact) mass is 190 g/mol. The summed E-state index contributed by atoms with van der Waals surface area (Å²) in [6.45, 7) is 2.67. The highest BCUT2D eigenvalue weighted by molar-refractivity contribution is 5.74. The molecule has 6 nitrogen and oxygen atoms in total. The molecule has 6 heteroatoms. The molecule has 4 N–H and O–H groups in total. The van der Waals surface area contributed by atoms with Crippen LogP contribution in [0.2, 0.25) is 0 Å². The first kappa shape index (κ1) is 14.0. The van der Waals surface area contributed by atoms with E-state index < -0.39 is 11.9 Å². The summed E-state index contributed by atoms with van der Waals surface area (Å²) < 4.78 is 4.41. The number of nitrogens with two attached hydrogens (primary N) is 2. The Morgan fingerprint density at radius 3 is 1.77 bits per heavy atom. The van der Waals surface area contributed by atoms with Crippen LogP contribution < -0.4 is 11.5 Å². The number of hydrogen-bond acceptors (Lipinski definition) is 4. The van der Waals surface area contributed by atoms with Gasteiger partial charge in [-0.25, -0.2) is 0 Å². The molecule has 0 saturated heterocycles. The van der Waals surface area contributed by atoms with Gasteiger partial charge in [-0.3, -0.25) is 14.4 Å². The smallest absolute Gasteiger partial charge is 0.302 e. The maximum absolute atomic E-state index is 10.1. The van der Waals surface area contributed by atoms with Gasteiger partial charge < -0.3 is 16.2 Å². The van der Waals surface area contributed by atoms with E-state index in [1.165, 1.54) is 13.8 Å². The van der Waals surface area contributed by atoms with E-state index in [0.29, 0.717) is 0 Å². The number of rotatable bonds is 3. The largest absolute Gasteiger partial charge is 0.465 e. The van der Waals surface area contributed by atoms with E-state index in [0.717, 1.165) is 0 Å². The molecule has 0 spiro atoms. The molecule has 0 heterocycles. The van der Waals surface area contributed by atoms with Crippen molar-refractivity contribution in [1.29, 1.82) is 0 Å². The molecule has 0 radical (unpaired) electrons. The molecule has 0 atom stereocenters. The summed E-state index contributed by atoms with van der Waals surface area (Å²) in [5.41, 5.74) is 9.22. The standard InChI is InChI=1S/C5H9NO3.C2H5NO/c1-4(7)9-3-2-5(6)8;1-2(3)4/h2-3H2,1H3,(H2,6,8);1H3,(H2,3,4). The Kier molecular flexibility index (Phi) is 9.14. The molecule has 0 bridgehead atoms. The maximum Gasteiger partial charge on any atom is 0.302 e. The molecule has 0 saturated carbocycles. The van der Waals surface area contributed by atoms with E-state index in [9.17, 15) is 14.4 Å². The molecule has 0 aromatic heterocycles. The Bertz CT molecular complexity index is 173. The molecule has 0 unspecified atom stereocenters. The third-order valence-corrected chi connectivity index (χ3v) is 0.654. The molecule has 0 aliphatic heterocycles. The number of primary amides is 2. The Balaban J connectivity index is 0. The average molecular weight is 190 g/mol. The number of amides is 2. The predicted molar refractivity (Wildman–Crippen MR) is 45.3 cm³/mol. The van der Waals surface area contributed by atoms with Gasteiger partial charge in [-0.05, 0) is 0 Å². The number of hydrogen-bond donors (Lipinski definition) is 2. The highest BCUT2D eigenvalue weighted by Crippen LogP contribution is 1.80. The van der Waals surface area contributed by atoms with Crippen LogP contribution in [0.15, 0.2) is 0 Å². The fourth-order valence-corrected chi connectivity index (χ4v) is 0.295. The summed E-state index contributed by atoms with van der Waals surface area (Å²) in [6, 6.07) is 0. The van der Waals surface area contributed by atoms with E-state index in [1.807, 2.05) is 0 Å². The topological polar surface area (TPSA) is 112 Å². The van der Waals surface area contributed by atoms with Crippen LogP contribution in [-0.4, -0.2) is 24.4 Å². The minimum Gasteiger partial charge on any atom is -0.465 e. The Labute approximate surface area is 76.2 Å². The van der Waals surface area contributed by atoms with Gasteiger partial charge in [-0.1, -0.05) is 0 Å². The summed E-state index contributed by atoms with van der Waals surface area (Å²) in [4.78, 5) is 29.3. The van der Waals surface area contributed by atoms with Crippen LogP contribution in [0.4, 0.5) is 0 Å². The normalized spacial score (nSPS) is 7.85. The summed E-state index contributed by atoms with van der Waals surface area (Å²) in [6.07, 6.45) is 0.0968. The van der Waals surface area contributed by atoms with Gasteiger partial charge in [0.2, 0.25) is 11.8 Å². The molecular weight excluding hydrogens is 176 g/mol. The summed E-state index contributed by atoms with van der Waals surface area (Å²) in [7, 11) is 0. The van der Waals surface area contributed by atoms with Crippen LogP contribution in [0.1, 0.15) is 20.3 Å². The highest BCUT2D eigenvalue weighted by Gasteiger charge is 1.95. The Morgan fingerprint density at radius 2 is 1.54 bits per heavy atom. The molecule has 76 valence electrons. The molecule has 0 aromatic carbocycles. The van der Waals surface area contributed by atoms with Crippen molar-refractivity contribution in [1.82, 2.24) is 0 Å². The molecule has 0 aliphatic carbocycles. The van der Waals surface area contributed by atoms with Gasteiger partial charge in [-0.2, -0.15) is 0 Å².